The van der Waals surface area contributed by atoms with Crippen molar-refractivity contribution in [3.05, 3.63) is 0 Å². The molecule has 0 aromatic rings. The first-order valence-corrected chi connectivity index (χ1v) is 5.36. The third-order valence-electron chi connectivity index (χ3n) is 1.70. The minimum absolute atomic E-state index is 0.230. The molecule has 86 valence electrons. The molecule has 0 atom stereocenters. The predicted molar refractivity (Wildman–Crippen MR) is 60.3 cm³/mol. The highest BCUT2D eigenvalue weighted by atomic mass is 16.7. The topological polar surface area (TPSA) is 18.5 Å². The van der Waals surface area contributed by atoms with E-state index in [2.05, 4.69) is 41.5 Å². The van der Waals surface area contributed by atoms with Gasteiger partial charge in [-0.25, -0.2) is 0 Å². The van der Waals surface area contributed by atoms with Crippen molar-refractivity contribution in [1.29, 1.82) is 0 Å². The highest BCUT2D eigenvalue weighted by molar-refractivity contribution is 4.60. The zero-order valence-corrected chi connectivity index (χ0v) is 10.6. The van der Waals surface area contributed by atoms with Gasteiger partial charge in [-0.1, -0.05) is 41.5 Å². The second kappa shape index (κ2) is 5.72. The van der Waals surface area contributed by atoms with Crippen molar-refractivity contribution >= 4 is 0 Å². The predicted octanol–water partition coefficient (Wildman–Crippen LogP) is 3.46. The Kier molecular flexibility index (Phi) is 5.68. The van der Waals surface area contributed by atoms with Crippen LogP contribution in [0, 0.1) is 10.8 Å². The summed E-state index contributed by atoms with van der Waals surface area (Å²) in [6.45, 7) is 15.1. The molecule has 0 spiro atoms. The lowest BCUT2D eigenvalue weighted by Gasteiger charge is -2.20. The highest BCUT2D eigenvalue weighted by Crippen LogP contribution is 2.18. The summed E-state index contributed by atoms with van der Waals surface area (Å²) < 4.78 is 10.8. The second-order valence-corrected chi connectivity index (χ2v) is 6.25. The molecule has 0 N–H and O–H groups in total. The summed E-state index contributed by atoms with van der Waals surface area (Å²) in [5.41, 5.74) is 0.581. The Balaban J connectivity index is 3.23. The molecule has 0 aromatic carbocycles. The molecule has 2 heteroatoms. The smallest absolute Gasteiger partial charge is 0.146 e. The molecule has 0 saturated carbocycles. The third kappa shape index (κ3) is 11.9. The Morgan fingerprint density at radius 2 is 1.36 bits per heavy atom. The van der Waals surface area contributed by atoms with E-state index in [1.165, 1.54) is 0 Å². The monoisotopic (exact) mass is 202 g/mol. The Morgan fingerprint density at radius 3 is 1.79 bits per heavy atom. The molecule has 0 bridgehead atoms. The largest absolute Gasteiger partial charge is 0.355 e. The fourth-order valence-corrected chi connectivity index (χ4v) is 0.844. The van der Waals surface area contributed by atoms with Crippen LogP contribution < -0.4 is 0 Å². The van der Waals surface area contributed by atoms with Gasteiger partial charge in [0.15, 0.2) is 0 Å². The van der Waals surface area contributed by atoms with Crippen molar-refractivity contribution in [2.75, 3.05) is 20.0 Å². The van der Waals surface area contributed by atoms with E-state index in [4.69, 9.17) is 9.47 Å². The van der Waals surface area contributed by atoms with E-state index < -0.39 is 0 Å². The van der Waals surface area contributed by atoms with Gasteiger partial charge in [0.2, 0.25) is 0 Å². The first kappa shape index (κ1) is 13.9. The average molecular weight is 202 g/mol. The molecular weight excluding hydrogens is 176 g/mol. The van der Waals surface area contributed by atoms with E-state index in [0.717, 1.165) is 19.6 Å². The molecular formula is C12H26O2. The average Bonchev–Trinajstić information content (AvgIpc) is 1.92. The fraction of sp³-hybridized carbons (Fsp3) is 1.00. The maximum Gasteiger partial charge on any atom is 0.146 e. The molecule has 0 radical (unpaired) electrons. The fourth-order valence-electron chi connectivity index (χ4n) is 0.844. The minimum Gasteiger partial charge on any atom is -0.355 e. The quantitative estimate of drug-likeness (QED) is 0.502. The van der Waals surface area contributed by atoms with Crippen LogP contribution in [0.15, 0.2) is 0 Å². The number of hydrogen-bond donors (Lipinski definition) is 0. The zero-order chi connectivity index (χ0) is 11.2. The van der Waals surface area contributed by atoms with Crippen LogP contribution in [-0.4, -0.2) is 20.0 Å². The molecule has 0 aromatic heterocycles. The first-order chi connectivity index (χ1) is 6.21. The molecule has 0 amide bonds. The Labute approximate surface area is 89.0 Å². The van der Waals surface area contributed by atoms with Gasteiger partial charge in [-0.15, -0.1) is 0 Å². The Hall–Kier alpha value is -0.0800. The van der Waals surface area contributed by atoms with Gasteiger partial charge in [-0.2, -0.15) is 0 Å². The van der Waals surface area contributed by atoms with Crippen LogP contribution in [0.3, 0.4) is 0 Å². The summed E-state index contributed by atoms with van der Waals surface area (Å²) in [5.74, 6) is 0. The maximum absolute atomic E-state index is 5.39. The third-order valence-corrected chi connectivity index (χ3v) is 1.70. The van der Waals surface area contributed by atoms with Gasteiger partial charge in [0, 0.05) is 6.61 Å². The van der Waals surface area contributed by atoms with Crippen LogP contribution in [-0.2, 0) is 9.47 Å². The summed E-state index contributed by atoms with van der Waals surface area (Å²) in [6.07, 6.45) is 1.08. The van der Waals surface area contributed by atoms with Gasteiger partial charge in [0.1, 0.15) is 6.79 Å². The van der Waals surface area contributed by atoms with E-state index in [-0.39, 0.29) is 5.41 Å². The lowest BCUT2D eigenvalue weighted by Crippen LogP contribution is -2.17. The van der Waals surface area contributed by atoms with Crippen molar-refractivity contribution < 1.29 is 9.47 Å². The van der Waals surface area contributed by atoms with E-state index in [1.807, 2.05) is 0 Å². The van der Waals surface area contributed by atoms with Gasteiger partial charge in [-0.3, -0.25) is 0 Å². The van der Waals surface area contributed by atoms with E-state index >= 15 is 0 Å². The molecule has 0 saturated heterocycles. The summed E-state index contributed by atoms with van der Waals surface area (Å²) in [5, 5.41) is 0. The second-order valence-electron chi connectivity index (χ2n) is 6.25. The Bertz CT molecular complexity index is 121. The molecule has 0 heterocycles. The lowest BCUT2D eigenvalue weighted by molar-refractivity contribution is -0.0783. The number of hydrogen-bond acceptors (Lipinski definition) is 2. The van der Waals surface area contributed by atoms with Crippen LogP contribution in [0.2, 0.25) is 0 Å². The van der Waals surface area contributed by atoms with Crippen molar-refractivity contribution in [2.24, 2.45) is 10.8 Å². The standard InChI is InChI=1S/C12H26O2/c1-11(2,3)7-8-13-10-14-9-12(4,5)6/h7-10H2,1-6H3. The van der Waals surface area contributed by atoms with Crippen LogP contribution in [0.1, 0.15) is 48.0 Å². The van der Waals surface area contributed by atoms with E-state index in [1.54, 1.807) is 0 Å². The highest BCUT2D eigenvalue weighted by Gasteiger charge is 2.11. The van der Waals surface area contributed by atoms with Gasteiger partial charge >= 0.3 is 0 Å². The molecule has 0 aliphatic heterocycles. The first-order valence-electron chi connectivity index (χ1n) is 5.36. The normalized spacial score (nSPS) is 13.3. The molecule has 2 nitrogen and oxygen atoms in total. The number of rotatable bonds is 5. The molecule has 0 unspecified atom stereocenters. The molecule has 14 heavy (non-hydrogen) atoms. The summed E-state index contributed by atoms with van der Waals surface area (Å²) in [6, 6.07) is 0. The zero-order valence-electron chi connectivity index (χ0n) is 10.6. The van der Waals surface area contributed by atoms with E-state index in [9.17, 15) is 0 Å². The molecule has 0 rings (SSSR count). The van der Waals surface area contributed by atoms with Crippen LogP contribution >= 0.6 is 0 Å². The van der Waals surface area contributed by atoms with Crippen LogP contribution in [0.25, 0.3) is 0 Å². The van der Waals surface area contributed by atoms with Gasteiger partial charge < -0.3 is 9.47 Å². The van der Waals surface area contributed by atoms with Crippen molar-refractivity contribution in [3.63, 3.8) is 0 Å². The van der Waals surface area contributed by atoms with Gasteiger partial charge in [0.25, 0.3) is 0 Å². The number of ether oxygens (including phenoxy) is 2. The van der Waals surface area contributed by atoms with Gasteiger partial charge in [0.05, 0.1) is 6.61 Å². The van der Waals surface area contributed by atoms with Crippen LogP contribution in [0.5, 0.6) is 0 Å². The summed E-state index contributed by atoms with van der Waals surface area (Å²) >= 11 is 0. The van der Waals surface area contributed by atoms with Gasteiger partial charge in [-0.05, 0) is 17.3 Å². The maximum atomic E-state index is 5.39. The molecule has 0 fully saturated rings. The van der Waals surface area contributed by atoms with Crippen molar-refractivity contribution in [3.8, 4) is 0 Å². The van der Waals surface area contributed by atoms with Crippen molar-refractivity contribution in [1.82, 2.24) is 0 Å². The van der Waals surface area contributed by atoms with E-state index in [0.29, 0.717) is 12.2 Å². The molecule has 0 aliphatic rings. The SMILES string of the molecule is CC(C)(C)CCOCOCC(C)(C)C. The Morgan fingerprint density at radius 1 is 0.786 bits per heavy atom. The van der Waals surface area contributed by atoms with Crippen molar-refractivity contribution in [2.45, 2.75) is 48.0 Å². The lowest BCUT2D eigenvalue weighted by atomic mass is 9.93. The minimum atomic E-state index is 0.230. The summed E-state index contributed by atoms with van der Waals surface area (Å²) in [4.78, 5) is 0. The molecule has 0 aliphatic carbocycles. The van der Waals surface area contributed by atoms with Crippen LogP contribution in [0.4, 0.5) is 0 Å². The summed E-state index contributed by atoms with van der Waals surface area (Å²) in [7, 11) is 0.